The maximum atomic E-state index is 7.38. The van der Waals surface area contributed by atoms with Gasteiger partial charge in [-0.1, -0.05) is 20.8 Å². The first-order chi connectivity index (χ1) is 6.94. The lowest BCUT2D eigenvalue weighted by atomic mass is 9.82. The summed E-state index contributed by atoms with van der Waals surface area (Å²) in [7, 11) is 0. The highest BCUT2D eigenvalue weighted by atomic mass is 15.2. The van der Waals surface area contributed by atoms with Crippen molar-refractivity contribution < 1.29 is 0 Å². The average molecular weight is 211 g/mol. The lowest BCUT2D eigenvalue weighted by Gasteiger charge is -2.40. The van der Waals surface area contributed by atoms with Crippen LogP contribution in [0.25, 0.3) is 0 Å². The zero-order valence-corrected chi connectivity index (χ0v) is 10.3. The quantitative estimate of drug-likeness (QED) is 0.553. The first-order valence-electron chi connectivity index (χ1n) is 6.01. The van der Waals surface area contributed by atoms with Gasteiger partial charge in [-0.3, -0.25) is 10.3 Å². The number of piperidine rings is 1. The summed E-state index contributed by atoms with van der Waals surface area (Å²) in [6.07, 6.45) is 4.36. The third-order valence-corrected chi connectivity index (χ3v) is 3.59. The van der Waals surface area contributed by atoms with Crippen molar-refractivity contribution in [1.29, 1.82) is 5.41 Å². The van der Waals surface area contributed by atoms with E-state index in [1.54, 1.807) is 0 Å². The SMILES string of the molecule is CCC(CC(=N)N)N1CCC(C)(C)CC1. The highest BCUT2D eigenvalue weighted by Crippen LogP contribution is 2.31. The van der Waals surface area contributed by atoms with Gasteiger partial charge in [0.2, 0.25) is 0 Å². The van der Waals surface area contributed by atoms with Crippen molar-refractivity contribution in [3.05, 3.63) is 0 Å². The molecular formula is C12H25N3. The van der Waals surface area contributed by atoms with Crippen LogP contribution in [0.4, 0.5) is 0 Å². The summed E-state index contributed by atoms with van der Waals surface area (Å²) in [5, 5.41) is 7.38. The van der Waals surface area contributed by atoms with Gasteiger partial charge in [0.25, 0.3) is 0 Å². The standard InChI is InChI=1S/C12H25N3/c1-4-10(9-11(13)14)15-7-5-12(2,3)6-8-15/h10H,4-9H2,1-3H3,(H3,13,14). The molecule has 3 heteroatoms. The molecule has 0 amide bonds. The second kappa shape index (κ2) is 4.97. The molecule has 0 aromatic rings. The van der Waals surface area contributed by atoms with Gasteiger partial charge in [-0.25, -0.2) is 0 Å². The molecule has 0 aliphatic carbocycles. The fraction of sp³-hybridized carbons (Fsp3) is 0.917. The number of nitrogens with one attached hydrogen (secondary N) is 1. The van der Waals surface area contributed by atoms with E-state index in [2.05, 4.69) is 25.7 Å². The van der Waals surface area contributed by atoms with Crippen molar-refractivity contribution in [2.24, 2.45) is 11.1 Å². The summed E-state index contributed by atoms with van der Waals surface area (Å²) < 4.78 is 0. The largest absolute Gasteiger partial charge is 0.388 e. The fourth-order valence-corrected chi connectivity index (χ4v) is 2.28. The van der Waals surface area contributed by atoms with Crippen LogP contribution < -0.4 is 5.73 Å². The lowest BCUT2D eigenvalue weighted by molar-refractivity contribution is 0.0941. The predicted molar refractivity (Wildman–Crippen MR) is 65.2 cm³/mol. The zero-order valence-electron chi connectivity index (χ0n) is 10.3. The highest BCUT2D eigenvalue weighted by molar-refractivity contribution is 5.77. The smallest absolute Gasteiger partial charge is 0.0921 e. The number of hydrogen-bond acceptors (Lipinski definition) is 2. The molecule has 1 aliphatic rings. The molecule has 88 valence electrons. The minimum atomic E-state index is 0.326. The third-order valence-electron chi connectivity index (χ3n) is 3.59. The van der Waals surface area contributed by atoms with Crippen LogP contribution in [0.2, 0.25) is 0 Å². The van der Waals surface area contributed by atoms with E-state index >= 15 is 0 Å². The van der Waals surface area contributed by atoms with E-state index in [0.717, 1.165) is 12.8 Å². The monoisotopic (exact) mass is 211 g/mol. The van der Waals surface area contributed by atoms with Crippen molar-refractivity contribution in [2.75, 3.05) is 13.1 Å². The molecule has 1 atom stereocenters. The van der Waals surface area contributed by atoms with Gasteiger partial charge in [0, 0.05) is 12.5 Å². The maximum absolute atomic E-state index is 7.38. The van der Waals surface area contributed by atoms with Gasteiger partial charge in [0.1, 0.15) is 0 Å². The van der Waals surface area contributed by atoms with E-state index in [4.69, 9.17) is 11.1 Å². The molecule has 1 heterocycles. The molecule has 15 heavy (non-hydrogen) atoms. The molecule has 0 aromatic carbocycles. The Hall–Kier alpha value is -0.570. The van der Waals surface area contributed by atoms with Crippen LogP contribution in [0.1, 0.15) is 46.5 Å². The van der Waals surface area contributed by atoms with E-state index in [0.29, 0.717) is 17.3 Å². The van der Waals surface area contributed by atoms with Crippen LogP contribution >= 0.6 is 0 Å². The third kappa shape index (κ3) is 3.82. The molecule has 1 aliphatic heterocycles. The summed E-state index contributed by atoms with van der Waals surface area (Å²) in [6.45, 7) is 9.21. The molecule has 1 unspecified atom stereocenters. The minimum absolute atomic E-state index is 0.326. The van der Waals surface area contributed by atoms with Crippen molar-refractivity contribution in [3.8, 4) is 0 Å². The van der Waals surface area contributed by atoms with Crippen molar-refractivity contribution in [3.63, 3.8) is 0 Å². The molecule has 0 aromatic heterocycles. The Morgan fingerprint density at radius 1 is 1.40 bits per heavy atom. The van der Waals surface area contributed by atoms with Crippen molar-refractivity contribution >= 4 is 5.84 Å². The Bertz CT molecular complexity index is 213. The molecule has 0 spiro atoms. The number of amidine groups is 1. The minimum Gasteiger partial charge on any atom is -0.388 e. The van der Waals surface area contributed by atoms with Gasteiger partial charge in [-0.2, -0.15) is 0 Å². The molecule has 3 nitrogen and oxygen atoms in total. The summed E-state index contributed by atoms with van der Waals surface area (Å²) >= 11 is 0. The van der Waals surface area contributed by atoms with Crippen LogP contribution in [0, 0.1) is 10.8 Å². The van der Waals surface area contributed by atoms with Gasteiger partial charge >= 0.3 is 0 Å². The van der Waals surface area contributed by atoms with Gasteiger partial charge in [-0.05, 0) is 37.8 Å². The van der Waals surface area contributed by atoms with Crippen LogP contribution in [-0.2, 0) is 0 Å². The Balaban J connectivity index is 2.46. The summed E-state index contributed by atoms with van der Waals surface area (Å²) in [6, 6.07) is 0.485. The van der Waals surface area contributed by atoms with Gasteiger partial charge in [0.15, 0.2) is 0 Å². The Morgan fingerprint density at radius 3 is 2.33 bits per heavy atom. The molecular weight excluding hydrogens is 186 g/mol. The molecule has 0 bridgehead atoms. The first kappa shape index (κ1) is 12.5. The number of nitrogens with two attached hydrogens (primary N) is 1. The molecule has 1 rings (SSSR count). The molecule has 1 fully saturated rings. The van der Waals surface area contributed by atoms with Gasteiger partial charge < -0.3 is 5.73 Å². The van der Waals surface area contributed by atoms with E-state index in [9.17, 15) is 0 Å². The van der Waals surface area contributed by atoms with Crippen molar-refractivity contribution in [1.82, 2.24) is 4.90 Å². The van der Waals surface area contributed by atoms with Crippen molar-refractivity contribution in [2.45, 2.75) is 52.5 Å². The van der Waals surface area contributed by atoms with Crippen LogP contribution in [0.15, 0.2) is 0 Å². The Labute approximate surface area is 93.5 Å². The number of likely N-dealkylation sites (tertiary alicyclic amines) is 1. The lowest BCUT2D eigenvalue weighted by Crippen LogP contribution is -2.44. The van der Waals surface area contributed by atoms with Crippen LogP contribution in [-0.4, -0.2) is 29.9 Å². The van der Waals surface area contributed by atoms with Gasteiger partial charge in [0.05, 0.1) is 5.84 Å². The second-order valence-corrected chi connectivity index (χ2v) is 5.49. The average Bonchev–Trinajstić information content (AvgIpc) is 2.14. The maximum Gasteiger partial charge on any atom is 0.0921 e. The molecule has 0 saturated carbocycles. The number of nitrogens with zero attached hydrogens (tertiary/aromatic N) is 1. The Kier molecular flexibility index (Phi) is 4.14. The molecule has 0 radical (unpaired) electrons. The topological polar surface area (TPSA) is 53.1 Å². The summed E-state index contributed by atoms with van der Waals surface area (Å²) in [5.41, 5.74) is 5.99. The number of rotatable bonds is 4. The Morgan fingerprint density at radius 2 is 1.93 bits per heavy atom. The normalized spacial score (nSPS) is 23.7. The van der Waals surface area contributed by atoms with Gasteiger partial charge in [-0.15, -0.1) is 0 Å². The molecule has 1 saturated heterocycles. The predicted octanol–water partition coefficient (Wildman–Crippen LogP) is 2.21. The fourth-order valence-electron chi connectivity index (χ4n) is 2.28. The van der Waals surface area contributed by atoms with E-state index < -0.39 is 0 Å². The summed E-state index contributed by atoms with van der Waals surface area (Å²) in [5.74, 6) is 0.326. The van der Waals surface area contributed by atoms with Crippen LogP contribution in [0.5, 0.6) is 0 Å². The highest BCUT2D eigenvalue weighted by Gasteiger charge is 2.28. The first-order valence-corrected chi connectivity index (χ1v) is 6.01. The van der Waals surface area contributed by atoms with E-state index in [-0.39, 0.29) is 0 Å². The van der Waals surface area contributed by atoms with Crippen LogP contribution in [0.3, 0.4) is 0 Å². The number of hydrogen-bond donors (Lipinski definition) is 2. The van der Waals surface area contributed by atoms with E-state index in [1.165, 1.54) is 25.9 Å². The molecule has 3 N–H and O–H groups in total. The second-order valence-electron chi connectivity index (χ2n) is 5.49. The van der Waals surface area contributed by atoms with E-state index in [1.807, 2.05) is 0 Å². The summed E-state index contributed by atoms with van der Waals surface area (Å²) in [4.78, 5) is 2.51. The zero-order chi connectivity index (χ0) is 11.5.